The lowest BCUT2D eigenvalue weighted by molar-refractivity contribution is -0.155. The second-order valence-corrected chi connectivity index (χ2v) is 4.86. The lowest BCUT2D eigenvalue weighted by Crippen LogP contribution is -2.35. The van der Waals surface area contributed by atoms with Gasteiger partial charge in [-0.05, 0) is 31.5 Å². The molecule has 104 valence electrons. The summed E-state index contributed by atoms with van der Waals surface area (Å²) in [6, 6.07) is 9.53. The zero-order valence-corrected chi connectivity index (χ0v) is 11.4. The summed E-state index contributed by atoms with van der Waals surface area (Å²) in [5.41, 5.74) is -0.327. The number of esters is 1. The van der Waals surface area contributed by atoms with Gasteiger partial charge in [-0.25, -0.2) is 0 Å². The van der Waals surface area contributed by atoms with Crippen molar-refractivity contribution in [1.29, 1.82) is 0 Å². The highest BCUT2D eigenvalue weighted by Crippen LogP contribution is 2.30. The highest BCUT2D eigenvalue weighted by Gasteiger charge is 2.40. The third-order valence-corrected chi connectivity index (χ3v) is 3.68. The SMILES string of the molecule is CCC1(C(=O)OCCOc2ccccc2)CCNC1. The Morgan fingerprint density at radius 3 is 2.74 bits per heavy atom. The van der Waals surface area contributed by atoms with Crippen LogP contribution in [-0.2, 0) is 9.53 Å². The molecule has 19 heavy (non-hydrogen) atoms. The highest BCUT2D eigenvalue weighted by atomic mass is 16.6. The normalized spacial score (nSPS) is 22.2. The summed E-state index contributed by atoms with van der Waals surface area (Å²) in [7, 11) is 0. The number of carbonyl (C=O) groups is 1. The Morgan fingerprint density at radius 1 is 1.32 bits per heavy atom. The van der Waals surface area contributed by atoms with Crippen molar-refractivity contribution in [1.82, 2.24) is 5.32 Å². The van der Waals surface area contributed by atoms with Crippen molar-refractivity contribution >= 4 is 5.97 Å². The van der Waals surface area contributed by atoms with Crippen LogP contribution in [0.15, 0.2) is 30.3 Å². The van der Waals surface area contributed by atoms with Gasteiger partial charge in [-0.1, -0.05) is 25.1 Å². The van der Waals surface area contributed by atoms with Gasteiger partial charge in [0, 0.05) is 6.54 Å². The molecule has 1 aromatic rings. The van der Waals surface area contributed by atoms with Gasteiger partial charge in [0.2, 0.25) is 0 Å². The summed E-state index contributed by atoms with van der Waals surface area (Å²) in [5.74, 6) is 0.697. The summed E-state index contributed by atoms with van der Waals surface area (Å²) >= 11 is 0. The standard InChI is InChI=1S/C15H21NO3/c1-2-15(8-9-16-12-15)14(17)19-11-10-18-13-6-4-3-5-7-13/h3-7,16H,2,8-12H2,1H3. The first-order valence-electron chi connectivity index (χ1n) is 6.83. The van der Waals surface area contributed by atoms with Crippen LogP contribution in [0.4, 0.5) is 0 Å². The fourth-order valence-electron chi connectivity index (χ4n) is 2.33. The molecule has 4 nitrogen and oxygen atoms in total. The Bertz CT molecular complexity index is 399. The molecule has 0 spiro atoms. The molecule has 4 heteroatoms. The Labute approximate surface area is 114 Å². The number of para-hydroxylation sites is 1. The van der Waals surface area contributed by atoms with Crippen LogP contribution in [0.2, 0.25) is 0 Å². The molecule has 0 saturated carbocycles. The van der Waals surface area contributed by atoms with E-state index in [2.05, 4.69) is 5.32 Å². The largest absolute Gasteiger partial charge is 0.490 e. The van der Waals surface area contributed by atoms with Crippen LogP contribution in [-0.4, -0.2) is 32.3 Å². The van der Waals surface area contributed by atoms with Crippen LogP contribution in [0.3, 0.4) is 0 Å². The quantitative estimate of drug-likeness (QED) is 0.630. The fourth-order valence-corrected chi connectivity index (χ4v) is 2.33. The van der Waals surface area contributed by atoms with Crippen molar-refractivity contribution in [2.45, 2.75) is 19.8 Å². The fraction of sp³-hybridized carbons (Fsp3) is 0.533. The van der Waals surface area contributed by atoms with E-state index in [-0.39, 0.29) is 11.4 Å². The van der Waals surface area contributed by atoms with Crippen molar-refractivity contribution in [2.75, 3.05) is 26.3 Å². The lowest BCUT2D eigenvalue weighted by Gasteiger charge is -2.23. The number of carbonyl (C=O) groups excluding carboxylic acids is 1. The average molecular weight is 263 g/mol. The van der Waals surface area contributed by atoms with Gasteiger partial charge in [-0.15, -0.1) is 0 Å². The van der Waals surface area contributed by atoms with Gasteiger partial charge in [0.1, 0.15) is 19.0 Å². The minimum absolute atomic E-state index is 0.100. The van der Waals surface area contributed by atoms with Crippen LogP contribution in [0.1, 0.15) is 19.8 Å². The predicted molar refractivity (Wildman–Crippen MR) is 73.1 cm³/mol. The molecule has 1 aliphatic heterocycles. The highest BCUT2D eigenvalue weighted by molar-refractivity contribution is 5.77. The van der Waals surface area contributed by atoms with Crippen LogP contribution in [0, 0.1) is 5.41 Å². The van der Waals surface area contributed by atoms with E-state index in [1.54, 1.807) is 0 Å². The van der Waals surface area contributed by atoms with E-state index in [4.69, 9.17) is 9.47 Å². The Hall–Kier alpha value is -1.55. The van der Waals surface area contributed by atoms with Gasteiger partial charge in [-0.3, -0.25) is 4.79 Å². The number of benzene rings is 1. The molecule has 0 bridgehead atoms. The summed E-state index contributed by atoms with van der Waals surface area (Å²) in [5, 5.41) is 3.23. The van der Waals surface area contributed by atoms with E-state index in [1.807, 2.05) is 37.3 Å². The van der Waals surface area contributed by atoms with Gasteiger partial charge < -0.3 is 14.8 Å². The number of hydrogen-bond acceptors (Lipinski definition) is 4. The predicted octanol–water partition coefficient (Wildman–Crippen LogP) is 2.00. The molecular weight excluding hydrogens is 242 g/mol. The summed E-state index contributed by atoms with van der Waals surface area (Å²) < 4.78 is 10.8. The van der Waals surface area contributed by atoms with E-state index < -0.39 is 0 Å². The molecule has 1 saturated heterocycles. The molecule has 1 heterocycles. The minimum Gasteiger partial charge on any atom is -0.490 e. The Kier molecular flexibility index (Phi) is 4.80. The van der Waals surface area contributed by atoms with E-state index in [0.717, 1.165) is 31.7 Å². The third kappa shape index (κ3) is 3.47. The molecule has 0 aliphatic carbocycles. The van der Waals surface area contributed by atoms with E-state index >= 15 is 0 Å². The molecule has 2 rings (SSSR count). The van der Waals surface area contributed by atoms with Crippen LogP contribution >= 0.6 is 0 Å². The first-order valence-corrected chi connectivity index (χ1v) is 6.83. The Morgan fingerprint density at radius 2 is 2.11 bits per heavy atom. The first-order chi connectivity index (χ1) is 9.27. The second-order valence-electron chi connectivity index (χ2n) is 4.86. The minimum atomic E-state index is -0.327. The van der Waals surface area contributed by atoms with E-state index in [9.17, 15) is 4.79 Å². The monoisotopic (exact) mass is 263 g/mol. The molecule has 0 radical (unpaired) electrons. The number of hydrogen-bond donors (Lipinski definition) is 1. The number of ether oxygens (including phenoxy) is 2. The van der Waals surface area contributed by atoms with E-state index in [1.165, 1.54) is 0 Å². The molecule has 0 aromatic heterocycles. The zero-order chi connectivity index (χ0) is 13.6. The molecular formula is C15H21NO3. The summed E-state index contributed by atoms with van der Waals surface area (Å²) in [6.07, 6.45) is 1.68. The maximum absolute atomic E-state index is 12.1. The van der Waals surface area contributed by atoms with Gasteiger partial charge >= 0.3 is 5.97 Å². The van der Waals surface area contributed by atoms with Crippen molar-refractivity contribution in [2.24, 2.45) is 5.41 Å². The topological polar surface area (TPSA) is 47.6 Å². The zero-order valence-electron chi connectivity index (χ0n) is 11.4. The van der Waals surface area contributed by atoms with E-state index in [0.29, 0.717) is 13.2 Å². The van der Waals surface area contributed by atoms with Gasteiger partial charge in [0.15, 0.2) is 0 Å². The molecule has 0 amide bonds. The molecule has 1 unspecified atom stereocenters. The smallest absolute Gasteiger partial charge is 0.313 e. The van der Waals surface area contributed by atoms with Gasteiger partial charge in [-0.2, -0.15) is 0 Å². The molecule has 1 aromatic carbocycles. The summed E-state index contributed by atoms with van der Waals surface area (Å²) in [4.78, 5) is 12.1. The van der Waals surface area contributed by atoms with Crippen molar-refractivity contribution in [3.05, 3.63) is 30.3 Å². The first kappa shape index (κ1) is 13.9. The average Bonchev–Trinajstić information content (AvgIpc) is 2.94. The molecule has 1 N–H and O–H groups in total. The third-order valence-electron chi connectivity index (χ3n) is 3.68. The van der Waals surface area contributed by atoms with Crippen LogP contribution in [0.25, 0.3) is 0 Å². The van der Waals surface area contributed by atoms with Crippen molar-refractivity contribution in [3.63, 3.8) is 0 Å². The van der Waals surface area contributed by atoms with Crippen LogP contribution in [0.5, 0.6) is 5.75 Å². The molecule has 1 atom stereocenters. The molecule has 1 fully saturated rings. The Balaban J connectivity index is 1.72. The van der Waals surface area contributed by atoms with Gasteiger partial charge in [0.05, 0.1) is 5.41 Å². The molecule has 1 aliphatic rings. The second kappa shape index (κ2) is 6.57. The summed E-state index contributed by atoms with van der Waals surface area (Å²) in [6.45, 7) is 4.35. The lowest BCUT2D eigenvalue weighted by atomic mass is 9.84. The van der Waals surface area contributed by atoms with Crippen molar-refractivity contribution < 1.29 is 14.3 Å². The number of nitrogens with one attached hydrogen (secondary N) is 1. The maximum atomic E-state index is 12.1. The van der Waals surface area contributed by atoms with Crippen LogP contribution < -0.4 is 10.1 Å². The van der Waals surface area contributed by atoms with Crippen molar-refractivity contribution in [3.8, 4) is 5.75 Å². The number of rotatable bonds is 6. The maximum Gasteiger partial charge on any atom is 0.313 e. The van der Waals surface area contributed by atoms with Gasteiger partial charge in [0.25, 0.3) is 0 Å².